The van der Waals surface area contributed by atoms with Gasteiger partial charge in [-0.25, -0.2) is 9.97 Å². The van der Waals surface area contributed by atoms with Gasteiger partial charge in [-0.1, -0.05) is 54.6 Å². The predicted molar refractivity (Wildman–Crippen MR) is 120 cm³/mol. The minimum atomic E-state index is 0.281. The van der Waals surface area contributed by atoms with Crippen molar-refractivity contribution in [1.82, 2.24) is 15.0 Å². The van der Waals surface area contributed by atoms with Crippen molar-refractivity contribution in [2.24, 2.45) is 0 Å². The fourth-order valence-electron chi connectivity index (χ4n) is 3.43. The molecule has 0 unspecified atom stereocenters. The van der Waals surface area contributed by atoms with Crippen LogP contribution in [0.3, 0.4) is 0 Å². The van der Waals surface area contributed by atoms with Gasteiger partial charge in [-0.05, 0) is 30.5 Å². The average molecular weight is 393 g/mol. The fraction of sp³-hybridized carbons (Fsp3) is 0.0417. The van der Waals surface area contributed by atoms with Gasteiger partial charge in [0, 0.05) is 22.2 Å². The number of anilines is 3. The van der Waals surface area contributed by atoms with Gasteiger partial charge in [-0.2, -0.15) is 4.98 Å². The van der Waals surface area contributed by atoms with E-state index in [0.29, 0.717) is 17.3 Å². The summed E-state index contributed by atoms with van der Waals surface area (Å²) in [4.78, 5) is 13.2. The van der Waals surface area contributed by atoms with E-state index >= 15 is 0 Å². The summed E-state index contributed by atoms with van der Waals surface area (Å²) in [6.45, 7) is 1.95. The van der Waals surface area contributed by atoms with Gasteiger partial charge >= 0.3 is 0 Å². The van der Waals surface area contributed by atoms with Crippen molar-refractivity contribution in [2.45, 2.75) is 6.92 Å². The molecule has 0 bridgehead atoms. The fourth-order valence-corrected chi connectivity index (χ4v) is 3.43. The molecule has 0 atom stereocenters. The highest BCUT2D eigenvalue weighted by Crippen LogP contribution is 2.35. The normalized spacial score (nSPS) is 11.0. The minimum absolute atomic E-state index is 0.281. The molecule has 0 saturated heterocycles. The van der Waals surface area contributed by atoms with Crippen LogP contribution in [0.5, 0.6) is 11.6 Å². The second kappa shape index (κ2) is 7.33. The molecule has 6 heteroatoms. The molecular formula is C24H19N5O. The van der Waals surface area contributed by atoms with Crippen molar-refractivity contribution in [1.29, 1.82) is 0 Å². The number of para-hydroxylation sites is 1. The number of hydrogen-bond acceptors (Lipinski definition) is 6. The van der Waals surface area contributed by atoms with Crippen LogP contribution in [0.4, 0.5) is 17.2 Å². The van der Waals surface area contributed by atoms with Crippen molar-refractivity contribution in [2.75, 3.05) is 11.1 Å². The van der Waals surface area contributed by atoms with E-state index in [4.69, 9.17) is 10.5 Å². The number of aryl methyl sites for hydroxylation is 1. The molecule has 0 spiro atoms. The van der Waals surface area contributed by atoms with Crippen molar-refractivity contribution >= 4 is 38.9 Å². The number of rotatable bonds is 4. The average Bonchev–Trinajstić information content (AvgIpc) is 2.77. The zero-order chi connectivity index (χ0) is 20.5. The first-order valence-corrected chi connectivity index (χ1v) is 9.58. The van der Waals surface area contributed by atoms with Crippen LogP contribution in [-0.4, -0.2) is 15.0 Å². The van der Waals surface area contributed by atoms with Crippen molar-refractivity contribution in [3.8, 4) is 11.6 Å². The molecule has 0 aliphatic heterocycles. The van der Waals surface area contributed by atoms with Crippen LogP contribution < -0.4 is 15.8 Å². The Bertz CT molecular complexity index is 1380. The smallest absolute Gasteiger partial charge is 0.248 e. The molecule has 5 rings (SSSR count). The third kappa shape index (κ3) is 3.24. The number of nitrogens with two attached hydrogens (primary N) is 1. The van der Waals surface area contributed by atoms with E-state index in [1.165, 1.54) is 6.33 Å². The molecule has 3 aromatic carbocycles. The first kappa shape index (κ1) is 17.9. The summed E-state index contributed by atoms with van der Waals surface area (Å²) in [7, 11) is 0. The van der Waals surface area contributed by atoms with Gasteiger partial charge in [0.25, 0.3) is 0 Å². The predicted octanol–water partition coefficient (Wildman–Crippen LogP) is 5.60. The van der Waals surface area contributed by atoms with Crippen LogP contribution in [0.15, 0.2) is 79.1 Å². The minimum Gasteiger partial charge on any atom is -0.435 e. The zero-order valence-electron chi connectivity index (χ0n) is 16.3. The van der Waals surface area contributed by atoms with E-state index in [9.17, 15) is 0 Å². The number of benzene rings is 3. The first-order chi connectivity index (χ1) is 14.7. The molecule has 0 aliphatic rings. The quantitative estimate of drug-likeness (QED) is 0.413. The van der Waals surface area contributed by atoms with Crippen LogP contribution in [0.1, 0.15) is 5.69 Å². The highest BCUT2D eigenvalue weighted by Gasteiger charge is 2.14. The summed E-state index contributed by atoms with van der Waals surface area (Å²) >= 11 is 0. The zero-order valence-corrected chi connectivity index (χ0v) is 16.3. The SMILES string of the molecule is Cc1ccc2cccc(Oc3ncnc(Nc4cccc5ccccc45)c3N)c2n1. The Morgan fingerprint density at radius 2 is 1.63 bits per heavy atom. The lowest BCUT2D eigenvalue weighted by atomic mass is 10.1. The van der Waals surface area contributed by atoms with Crippen LogP contribution in [0, 0.1) is 6.92 Å². The van der Waals surface area contributed by atoms with Crippen LogP contribution in [-0.2, 0) is 0 Å². The van der Waals surface area contributed by atoms with E-state index < -0.39 is 0 Å². The Hall–Kier alpha value is -4.19. The summed E-state index contributed by atoms with van der Waals surface area (Å²) in [6.07, 6.45) is 1.43. The second-order valence-corrected chi connectivity index (χ2v) is 6.98. The lowest BCUT2D eigenvalue weighted by Crippen LogP contribution is -2.03. The number of aromatic nitrogens is 3. The van der Waals surface area contributed by atoms with Crippen molar-refractivity contribution < 1.29 is 4.74 Å². The van der Waals surface area contributed by atoms with Gasteiger partial charge in [0.1, 0.15) is 17.5 Å². The maximum atomic E-state index is 6.36. The maximum absolute atomic E-state index is 6.36. The van der Waals surface area contributed by atoms with E-state index in [1.54, 1.807) is 0 Å². The van der Waals surface area contributed by atoms with Crippen molar-refractivity contribution in [3.63, 3.8) is 0 Å². The van der Waals surface area contributed by atoms with Crippen LogP contribution in [0.2, 0.25) is 0 Å². The van der Waals surface area contributed by atoms with Gasteiger partial charge in [-0.15, -0.1) is 0 Å². The molecule has 2 heterocycles. The number of ether oxygens (including phenoxy) is 1. The lowest BCUT2D eigenvalue weighted by Gasteiger charge is -2.14. The molecule has 3 N–H and O–H groups in total. The Labute approximate surface area is 173 Å². The Balaban J connectivity index is 1.52. The number of hydrogen-bond donors (Lipinski definition) is 2. The monoisotopic (exact) mass is 393 g/mol. The molecule has 30 heavy (non-hydrogen) atoms. The highest BCUT2D eigenvalue weighted by atomic mass is 16.5. The highest BCUT2D eigenvalue weighted by molar-refractivity contribution is 5.96. The summed E-state index contributed by atoms with van der Waals surface area (Å²) < 4.78 is 6.06. The molecule has 5 aromatic rings. The number of pyridine rings is 1. The van der Waals surface area contributed by atoms with E-state index in [-0.39, 0.29) is 5.88 Å². The summed E-state index contributed by atoms with van der Waals surface area (Å²) in [5.74, 6) is 1.36. The molecule has 6 nitrogen and oxygen atoms in total. The Morgan fingerprint density at radius 3 is 2.57 bits per heavy atom. The molecule has 2 aromatic heterocycles. The van der Waals surface area contributed by atoms with Crippen LogP contribution in [0.25, 0.3) is 21.7 Å². The molecule has 0 fully saturated rings. The Morgan fingerprint density at radius 1 is 0.833 bits per heavy atom. The molecule has 0 radical (unpaired) electrons. The van der Waals surface area contributed by atoms with Gasteiger partial charge in [0.15, 0.2) is 11.6 Å². The molecule has 0 amide bonds. The maximum Gasteiger partial charge on any atom is 0.248 e. The largest absolute Gasteiger partial charge is 0.435 e. The van der Waals surface area contributed by atoms with Crippen molar-refractivity contribution in [3.05, 3.63) is 84.8 Å². The van der Waals surface area contributed by atoms with E-state index in [1.807, 2.05) is 61.5 Å². The molecule has 146 valence electrons. The lowest BCUT2D eigenvalue weighted by molar-refractivity contribution is 0.469. The third-order valence-electron chi connectivity index (χ3n) is 4.92. The molecule has 0 aliphatic carbocycles. The Kier molecular flexibility index (Phi) is 4.37. The summed E-state index contributed by atoms with van der Waals surface area (Å²) in [5, 5.41) is 6.51. The van der Waals surface area contributed by atoms with Gasteiger partial charge in [0.2, 0.25) is 5.88 Å². The summed E-state index contributed by atoms with van der Waals surface area (Å²) in [5.41, 5.74) is 9.27. The summed E-state index contributed by atoms with van der Waals surface area (Å²) in [6, 6.07) is 23.9. The number of nitrogen functional groups attached to an aromatic ring is 1. The van der Waals surface area contributed by atoms with E-state index in [2.05, 4.69) is 38.5 Å². The van der Waals surface area contributed by atoms with Gasteiger partial charge in [-0.3, -0.25) is 0 Å². The topological polar surface area (TPSA) is 86.0 Å². The molecule has 0 saturated carbocycles. The standard InChI is InChI=1S/C24H19N5O/c1-15-12-13-17-8-5-11-20(22(17)28-15)30-24-21(25)23(26-14-27-24)29-19-10-4-7-16-6-2-3-9-18(16)19/h2-14H,25H2,1H3,(H,26,27,29). The third-order valence-corrected chi connectivity index (χ3v) is 4.92. The number of nitrogens with zero attached hydrogens (tertiary/aromatic N) is 3. The van der Waals surface area contributed by atoms with Crippen LogP contribution >= 0.6 is 0 Å². The van der Waals surface area contributed by atoms with Gasteiger partial charge in [0.05, 0.1) is 0 Å². The number of nitrogens with one attached hydrogen (secondary N) is 1. The first-order valence-electron chi connectivity index (χ1n) is 9.58. The van der Waals surface area contributed by atoms with Gasteiger partial charge < -0.3 is 15.8 Å². The molecular weight excluding hydrogens is 374 g/mol. The van der Waals surface area contributed by atoms with E-state index in [0.717, 1.165) is 33.1 Å². The number of fused-ring (bicyclic) bond motifs is 2. The second-order valence-electron chi connectivity index (χ2n) is 6.98.